The first-order chi connectivity index (χ1) is 17.0. The number of rotatable bonds is 7. The zero-order valence-electron chi connectivity index (χ0n) is 19.6. The van der Waals surface area contributed by atoms with Gasteiger partial charge in [-0.3, -0.25) is 19.1 Å². The fourth-order valence-electron chi connectivity index (χ4n) is 4.70. The van der Waals surface area contributed by atoms with Crippen LogP contribution in [-0.2, 0) is 11.3 Å². The second-order valence-corrected chi connectivity index (χ2v) is 10.4. The second-order valence-electron chi connectivity index (χ2n) is 8.96. The maximum absolute atomic E-state index is 13.5. The molecule has 1 amide bonds. The largest absolute Gasteiger partial charge is 0.336 e. The van der Waals surface area contributed by atoms with Crippen molar-refractivity contribution in [1.82, 2.24) is 19.4 Å². The van der Waals surface area contributed by atoms with Crippen LogP contribution < -0.4 is 4.87 Å². The van der Waals surface area contributed by atoms with Gasteiger partial charge in [-0.15, -0.1) is 0 Å². The molecule has 1 unspecified atom stereocenters. The average molecular weight is 507 g/mol. The molecule has 2 aromatic carbocycles. The quantitative estimate of drug-likeness (QED) is 0.351. The van der Waals surface area contributed by atoms with Gasteiger partial charge in [0.25, 0.3) is 0 Å². The number of pyridine rings is 1. The van der Waals surface area contributed by atoms with Crippen LogP contribution in [0, 0.1) is 0 Å². The van der Waals surface area contributed by atoms with E-state index in [2.05, 4.69) is 34.1 Å². The van der Waals surface area contributed by atoms with Crippen LogP contribution >= 0.6 is 22.9 Å². The van der Waals surface area contributed by atoms with Crippen molar-refractivity contribution >= 4 is 39.1 Å². The van der Waals surface area contributed by atoms with Crippen molar-refractivity contribution in [3.8, 4) is 11.1 Å². The summed E-state index contributed by atoms with van der Waals surface area (Å²) < 4.78 is 2.36. The molecule has 1 saturated heterocycles. The molecule has 35 heavy (non-hydrogen) atoms. The van der Waals surface area contributed by atoms with Gasteiger partial charge in [-0.25, -0.2) is 0 Å². The first kappa shape index (κ1) is 23.7. The molecule has 6 nitrogen and oxygen atoms in total. The first-order valence-electron chi connectivity index (χ1n) is 11.8. The van der Waals surface area contributed by atoms with Gasteiger partial charge in [0, 0.05) is 31.0 Å². The summed E-state index contributed by atoms with van der Waals surface area (Å²) in [6.07, 6.45) is 5.98. The van der Waals surface area contributed by atoms with Crippen LogP contribution in [0.5, 0.6) is 0 Å². The average Bonchev–Trinajstić information content (AvgIpc) is 3.50. The van der Waals surface area contributed by atoms with E-state index in [1.165, 1.54) is 17.4 Å². The molecule has 2 aromatic heterocycles. The standard InChI is InChI=1S/C27H27ClN4O2S/c1-30(26(33)18-32-23-15-22(28)10-11-25(23)35-27(32)34)24(17-31-13-2-3-14-31)20-8-6-19(7-9-20)21-5-4-12-29-16-21/h4-12,15-16,24H,2-3,13-14,17-18H2,1H3. The van der Waals surface area contributed by atoms with Crippen LogP contribution in [-0.4, -0.2) is 51.9 Å². The highest BCUT2D eigenvalue weighted by molar-refractivity contribution is 7.16. The van der Waals surface area contributed by atoms with Gasteiger partial charge < -0.3 is 9.80 Å². The van der Waals surface area contributed by atoms with E-state index in [0.717, 1.165) is 52.4 Å². The molecule has 0 N–H and O–H groups in total. The molecule has 3 heterocycles. The van der Waals surface area contributed by atoms with Crippen LogP contribution in [0.4, 0.5) is 0 Å². The smallest absolute Gasteiger partial charge is 0.308 e. The Bertz CT molecular complexity index is 1380. The van der Waals surface area contributed by atoms with Crippen LogP contribution in [0.3, 0.4) is 0 Å². The maximum atomic E-state index is 13.5. The van der Waals surface area contributed by atoms with Gasteiger partial charge in [-0.1, -0.05) is 53.3 Å². The van der Waals surface area contributed by atoms with Gasteiger partial charge in [0.15, 0.2) is 0 Å². The van der Waals surface area contributed by atoms with E-state index >= 15 is 0 Å². The van der Waals surface area contributed by atoms with Crippen molar-refractivity contribution in [3.05, 3.63) is 87.2 Å². The summed E-state index contributed by atoms with van der Waals surface area (Å²) in [4.78, 5) is 34.4. The second kappa shape index (κ2) is 10.3. The minimum atomic E-state index is -0.152. The lowest BCUT2D eigenvalue weighted by atomic mass is 10.0. The molecule has 0 saturated carbocycles. The Morgan fingerprint density at radius 1 is 1.11 bits per heavy atom. The summed E-state index contributed by atoms with van der Waals surface area (Å²) >= 11 is 7.30. The molecule has 8 heteroatoms. The molecule has 1 fully saturated rings. The van der Waals surface area contributed by atoms with Gasteiger partial charge in [0.2, 0.25) is 5.91 Å². The van der Waals surface area contributed by atoms with E-state index in [0.29, 0.717) is 10.5 Å². The molecule has 0 radical (unpaired) electrons. The number of hydrogen-bond donors (Lipinski definition) is 0. The highest BCUT2D eigenvalue weighted by Gasteiger charge is 2.26. The van der Waals surface area contributed by atoms with Crippen molar-refractivity contribution in [2.75, 3.05) is 26.7 Å². The topological polar surface area (TPSA) is 58.4 Å². The highest BCUT2D eigenvalue weighted by Crippen LogP contribution is 2.27. The Kier molecular flexibility index (Phi) is 7.00. The number of aromatic nitrogens is 2. The van der Waals surface area contributed by atoms with E-state index in [1.807, 2.05) is 31.4 Å². The number of nitrogens with zero attached hydrogens (tertiary/aromatic N) is 4. The summed E-state index contributed by atoms with van der Waals surface area (Å²) in [5.74, 6) is -0.104. The Labute approximate surface area is 213 Å². The lowest BCUT2D eigenvalue weighted by Crippen LogP contribution is -2.40. The highest BCUT2D eigenvalue weighted by atomic mass is 35.5. The third-order valence-electron chi connectivity index (χ3n) is 6.70. The SMILES string of the molecule is CN(C(=O)Cn1c(=O)sc2ccc(Cl)cc21)C(CN1CCCC1)c1ccc(-c2cccnc2)cc1. The molecule has 0 aliphatic carbocycles. The van der Waals surface area contributed by atoms with Crippen LogP contribution in [0.1, 0.15) is 24.4 Å². The van der Waals surface area contributed by atoms with Gasteiger partial charge in [-0.2, -0.15) is 0 Å². The lowest BCUT2D eigenvalue weighted by Gasteiger charge is -2.32. The minimum Gasteiger partial charge on any atom is -0.336 e. The molecule has 180 valence electrons. The number of halogens is 1. The number of amides is 1. The first-order valence-corrected chi connectivity index (χ1v) is 13.0. The normalized spacial score (nSPS) is 14.9. The maximum Gasteiger partial charge on any atom is 0.308 e. The van der Waals surface area contributed by atoms with E-state index in [4.69, 9.17) is 11.6 Å². The van der Waals surface area contributed by atoms with E-state index in [1.54, 1.807) is 23.2 Å². The summed E-state index contributed by atoms with van der Waals surface area (Å²) in [5.41, 5.74) is 3.92. The zero-order valence-corrected chi connectivity index (χ0v) is 21.1. The van der Waals surface area contributed by atoms with Crippen molar-refractivity contribution in [2.45, 2.75) is 25.4 Å². The van der Waals surface area contributed by atoms with Crippen molar-refractivity contribution in [3.63, 3.8) is 0 Å². The third kappa shape index (κ3) is 5.17. The lowest BCUT2D eigenvalue weighted by molar-refractivity contribution is -0.133. The number of benzene rings is 2. The molecule has 4 aromatic rings. The number of fused-ring (bicyclic) bond motifs is 1. The fraction of sp³-hybridized carbons (Fsp3) is 0.296. The van der Waals surface area contributed by atoms with Crippen molar-refractivity contribution in [1.29, 1.82) is 0 Å². The van der Waals surface area contributed by atoms with Gasteiger partial charge in [0.05, 0.1) is 16.3 Å². The molecule has 5 rings (SSSR count). The van der Waals surface area contributed by atoms with Crippen LogP contribution in [0.25, 0.3) is 21.3 Å². The number of carbonyl (C=O) groups is 1. The summed E-state index contributed by atoms with van der Waals surface area (Å²) in [6.45, 7) is 2.83. The summed E-state index contributed by atoms with van der Waals surface area (Å²) in [7, 11) is 1.84. The number of likely N-dealkylation sites (tertiary alicyclic amines) is 1. The van der Waals surface area contributed by atoms with Gasteiger partial charge in [0.1, 0.15) is 6.54 Å². The predicted molar refractivity (Wildman–Crippen MR) is 142 cm³/mol. The molecule has 1 atom stereocenters. The molecule has 1 aliphatic heterocycles. The molecular formula is C27H27ClN4O2S. The number of hydrogen-bond acceptors (Lipinski definition) is 5. The third-order valence-corrected chi connectivity index (χ3v) is 7.90. The van der Waals surface area contributed by atoms with Gasteiger partial charge >= 0.3 is 4.87 Å². The fourth-order valence-corrected chi connectivity index (χ4v) is 5.74. The van der Waals surface area contributed by atoms with Crippen molar-refractivity contribution in [2.24, 2.45) is 0 Å². The molecule has 1 aliphatic rings. The zero-order chi connectivity index (χ0) is 24.4. The molecular weight excluding hydrogens is 480 g/mol. The number of carbonyl (C=O) groups excluding carboxylic acids is 1. The Hall–Kier alpha value is -3.00. The van der Waals surface area contributed by atoms with Crippen molar-refractivity contribution < 1.29 is 4.79 Å². The van der Waals surface area contributed by atoms with E-state index < -0.39 is 0 Å². The minimum absolute atomic E-state index is 0.0139. The van der Waals surface area contributed by atoms with Gasteiger partial charge in [-0.05, 0) is 66.9 Å². The molecule has 0 bridgehead atoms. The summed E-state index contributed by atoms with van der Waals surface area (Å²) in [6, 6.07) is 17.5. The Morgan fingerprint density at radius 3 is 2.60 bits per heavy atom. The van der Waals surface area contributed by atoms with E-state index in [9.17, 15) is 9.59 Å². The Balaban J connectivity index is 1.41. The molecule has 0 spiro atoms. The monoisotopic (exact) mass is 506 g/mol. The predicted octanol–water partition coefficient (Wildman–Crippen LogP) is 5.07. The number of thiazole rings is 1. The van der Waals surface area contributed by atoms with E-state index in [-0.39, 0.29) is 23.4 Å². The number of likely N-dealkylation sites (N-methyl/N-ethyl adjacent to an activating group) is 1. The Morgan fingerprint density at radius 2 is 1.89 bits per heavy atom. The van der Waals surface area contributed by atoms with Crippen LogP contribution in [0.2, 0.25) is 5.02 Å². The van der Waals surface area contributed by atoms with Crippen LogP contribution in [0.15, 0.2) is 71.8 Å². The summed E-state index contributed by atoms with van der Waals surface area (Å²) in [5, 5.41) is 0.547.